The molecule has 0 unspecified atom stereocenters. The van der Waals surface area contributed by atoms with Gasteiger partial charge in [0.15, 0.2) is 0 Å². The van der Waals surface area contributed by atoms with Crippen molar-refractivity contribution in [2.45, 2.75) is 46.3 Å². The number of rotatable bonds is 11. The summed E-state index contributed by atoms with van der Waals surface area (Å²) in [5, 5.41) is 14.1. The second kappa shape index (κ2) is 11.8. The molecule has 0 saturated heterocycles. The molecule has 2 rings (SSSR count). The molecular formula is C24H32N4O7S. The first kappa shape index (κ1) is 28.6. The fourth-order valence-electron chi connectivity index (χ4n) is 3.54. The van der Waals surface area contributed by atoms with Gasteiger partial charge in [-0.05, 0) is 44.9 Å². The summed E-state index contributed by atoms with van der Waals surface area (Å²) in [7, 11) is -2.80. The molecule has 0 bridgehead atoms. The number of anilines is 1. The smallest absolute Gasteiger partial charge is 0.271 e. The van der Waals surface area contributed by atoms with E-state index in [-0.39, 0.29) is 29.7 Å². The Labute approximate surface area is 211 Å². The third-order valence-electron chi connectivity index (χ3n) is 5.52. The molecule has 1 N–H and O–H groups in total. The first-order chi connectivity index (χ1) is 16.8. The van der Waals surface area contributed by atoms with Gasteiger partial charge >= 0.3 is 0 Å². The third-order valence-corrected chi connectivity index (χ3v) is 6.65. The highest BCUT2D eigenvalue weighted by Crippen LogP contribution is 2.34. The number of hydrogen-bond acceptors (Lipinski definition) is 7. The highest BCUT2D eigenvalue weighted by atomic mass is 32.2. The van der Waals surface area contributed by atoms with Gasteiger partial charge in [-0.25, -0.2) is 8.42 Å². The number of non-ortho nitro benzene ring substituents is 1. The van der Waals surface area contributed by atoms with Gasteiger partial charge in [-0.2, -0.15) is 0 Å². The van der Waals surface area contributed by atoms with Crippen molar-refractivity contribution in [1.82, 2.24) is 10.2 Å². The standard InChI is InChI=1S/C24H32N4O7S/c1-16(2)25-24(30)18(4)26(14-19-10-8-7-9-17(19)3)23(29)15-27(36(6,33)34)21-13-20(28(31)32)11-12-22(21)35-5/h7-13,16,18H,14-15H2,1-6H3,(H,25,30)/t18-/m1/s1. The van der Waals surface area contributed by atoms with Crippen molar-refractivity contribution in [2.24, 2.45) is 0 Å². The minimum atomic E-state index is -4.08. The maximum absolute atomic E-state index is 13.6. The molecule has 0 fully saturated rings. The number of carbonyl (C=O) groups is 2. The minimum Gasteiger partial charge on any atom is -0.495 e. The number of nitrogens with zero attached hydrogens (tertiary/aromatic N) is 3. The third kappa shape index (κ3) is 7.17. The van der Waals surface area contributed by atoms with E-state index in [4.69, 9.17) is 4.74 Å². The summed E-state index contributed by atoms with van der Waals surface area (Å²) in [6, 6.07) is 9.72. The summed E-state index contributed by atoms with van der Waals surface area (Å²) < 4.78 is 31.5. The highest BCUT2D eigenvalue weighted by molar-refractivity contribution is 7.92. The number of amides is 2. The number of hydrogen-bond donors (Lipinski definition) is 1. The number of benzene rings is 2. The fourth-order valence-corrected chi connectivity index (χ4v) is 4.39. The van der Waals surface area contributed by atoms with Gasteiger partial charge in [0.2, 0.25) is 21.8 Å². The maximum atomic E-state index is 13.6. The van der Waals surface area contributed by atoms with E-state index >= 15 is 0 Å². The van der Waals surface area contributed by atoms with Crippen LogP contribution < -0.4 is 14.4 Å². The van der Waals surface area contributed by atoms with Gasteiger partial charge in [-0.1, -0.05) is 24.3 Å². The number of aryl methyl sites for hydroxylation is 1. The zero-order chi connectivity index (χ0) is 27.2. The first-order valence-corrected chi connectivity index (χ1v) is 13.1. The molecule has 0 aliphatic rings. The van der Waals surface area contributed by atoms with Gasteiger partial charge in [0.05, 0.1) is 18.3 Å². The summed E-state index contributed by atoms with van der Waals surface area (Å²) in [5.74, 6) is -1.02. The molecule has 0 aromatic heterocycles. The molecular weight excluding hydrogens is 488 g/mol. The van der Waals surface area contributed by atoms with Crippen LogP contribution in [0.4, 0.5) is 11.4 Å². The summed E-state index contributed by atoms with van der Waals surface area (Å²) in [6.07, 6.45) is 0.888. The average molecular weight is 521 g/mol. The van der Waals surface area contributed by atoms with Crippen LogP contribution in [0.5, 0.6) is 5.75 Å². The van der Waals surface area contributed by atoms with E-state index in [1.807, 2.05) is 25.1 Å². The maximum Gasteiger partial charge on any atom is 0.271 e. The molecule has 0 spiro atoms. The van der Waals surface area contributed by atoms with E-state index in [1.54, 1.807) is 26.8 Å². The number of ether oxygens (including phenoxy) is 1. The lowest BCUT2D eigenvalue weighted by Gasteiger charge is -2.32. The Morgan fingerprint density at radius 2 is 1.78 bits per heavy atom. The van der Waals surface area contributed by atoms with Crippen LogP contribution in [0.1, 0.15) is 31.9 Å². The second-order valence-corrected chi connectivity index (χ2v) is 10.6. The lowest BCUT2D eigenvalue weighted by Crippen LogP contribution is -2.52. The molecule has 0 radical (unpaired) electrons. The van der Waals surface area contributed by atoms with Gasteiger partial charge in [-0.3, -0.25) is 24.0 Å². The molecule has 0 aliphatic carbocycles. The number of carbonyl (C=O) groups excluding carboxylic acids is 2. The molecule has 0 heterocycles. The largest absolute Gasteiger partial charge is 0.495 e. The van der Waals surface area contributed by atoms with Crippen molar-refractivity contribution >= 4 is 33.2 Å². The summed E-state index contributed by atoms with van der Waals surface area (Å²) in [6.45, 7) is 6.37. The van der Waals surface area contributed by atoms with Crippen LogP contribution in [0, 0.1) is 17.0 Å². The Bertz CT molecular complexity index is 1230. The SMILES string of the molecule is COc1ccc([N+](=O)[O-])cc1N(CC(=O)N(Cc1ccccc1C)[C@H](C)C(=O)NC(C)C)S(C)(=O)=O. The Morgan fingerprint density at radius 1 is 1.14 bits per heavy atom. The van der Waals surface area contributed by atoms with Crippen molar-refractivity contribution < 1.29 is 27.7 Å². The summed E-state index contributed by atoms with van der Waals surface area (Å²) >= 11 is 0. The van der Waals surface area contributed by atoms with Crippen LogP contribution in [-0.4, -0.2) is 62.0 Å². The second-order valence-electron chi connectivity index (χ2n) is 8.67. The Morgan fingerprint density at radius 3 is 2.31 bits per heavy atom. The Kier molecular flexibility index (Phi) is 9.40. The number of nitro groups is 1. The summed E-state index contributed by atoms with van der Waals surface area (Å²) in [4.78, 5) is 38.4. The molecule has 2 amide bonds. The number of sulfonamides is 1. The molecule has 1 atom stereocenters. The van der Waals surface area contributed by atoms with E-state index in [0.717, 1.165) is 27.8 Å². The molecule has 36 heavy (non-hydrogen) atoms. The average Bonchev–Trinajstić information content (AvgIpc) is 2.79. The lowest BCUT2D eigenvalue weighted by molar-refractivity contribution is -0.384. The van der Waals surface area contributed by atoms with Crippen LogP contribution in [-0.2, 0) is 26.2 Å². The molecule has 196 valence electrons. The fraction of sp³-hybridized carbons (Fsp3) is 0.417. The molecule has 2 aromatic rings. The van der Waals surface area contributed by atoms with Gasteiger partial charge < -0.3 is 15.0 Å². The lowest BCUT2D eigenvalue weighted by atomic mass is 10.1. The predicted octanol–water partition coefficient (Wildman–Crippen LogP) is 2.62. The molecule has 11 nitrogen and oxygen atoms in total. The first-order valence-electron chi connectivity index (χ1n) is 11.2. The molecule has 12 heteroatoms. The quantitative estimate of drug-likeness (QED) is 0.355. The predicted molar refractivity (Wildman–Crippen MR) is 136 cm³/mol. The van der Waals surface area contributed by atoms with E-state index in [1.165, 1.54) is 24.1 Å². The van der Waals surface area contributed by atoms with Crippen molar-refractivity contribution in [1.29, 1.82) is 0 Å². The van der Waals surface area contributed by atoms with Crippen LogP contribution in [0.25, 0.3) is 0 Å². The van der Waals surface area contributed by atoms with Crippen LogP contribution in [0.2, 0.25) is 0 Å². The highest BCUT2D eigenvalue weighted by Gasteiger charge is 2.32. The van der Waals surface area contributed by atoms with Gasteiger partial charge in [0.1, 0.15) is 24.0 Å². The van der Waals surface area contributed by atoms with E-state index in [0.29, 0.717) is 0 Å². The van der Waals surface area contributed by atoms with Crippen molar-refractivity contribution in [3.05, 3.63) is 63.7 Å². The summed E-state index contributed by atoms with van der Waals surface area (Å²) in [5.41, 5.74) is 1.16. The van der Waals surface area contributed by atoms with Crippen molar-refractivity contribution in [3.8, 4) is 5.75 Å². The molecule has 0 aliphatic heterocycles. The Balaban J connectivity index is 2.53. The van der Waals surface area contributed by atoms with Gasteiger partial charge in [0.25, 0.3) is 5.69 Å². The Hall–Kier alpha value is -3.67. The number of nitrogens with one attached hydrogen (secondary N) is 1. The van der Waals surface area contributed by atoms with Crippen LogP contribution >= 0.6 is 0 Å². The molecule has 0 saturated carbocycles. The van der Waals surface area contributed by atoms with Crippen molar-refractivity contribution in [3.63, 3.8) is 0 Å². The molecule has 2 aromatic carbocycles. The van der Waals surface area contributed by atoms with Crippen LogP contribution in [0.15, 0.2) is 42.5 Å². The van der Waals surface area contributed by atoms with Gasteiger partial charge in [0, 0.05) is 24.7 Å². The topological polar surface area (TPSA) is 139 Å². The van der Waals surface area contributed by atoms with E-state index in [2.05, 4.69) is 5.32 Å². The van der Waals surface area contributed by atoms with Gasteiger partial charge in [-0.15, -0.1) is 0 Å². The number of nitro benzene ring substituents is 1. The normalized spacial score (nSPS) is 12.1. The van der Waals surface area contributed by atoms with Crippen molar-refractivity contribution in [2.75, 3.05) is 24.2 Å². The minimum absolute atomic E-state index is 0.0369. The zero-order valence-corrected chi connectivity index (χ0v) is 22.0. The number of methoxy groups -OCH3 is 1. The van der Waals surface area contributed by atoms with Crippen LogP contribution in [0.3, 0.4) is 0 Å². The monoisotopic (exact) mass is 520 g/mol. The van der Waals surface area contributed by atoms with E-state index < -0.39 is 39.3 Å². The zero-order valence-electron chi connectivity index (χ0n) is 21.2. The van der Waals surface area contributed by atoms with E-state index in [9.17, 15) is 28.1 Å².